The van der Waals surface area contributed by atoms with Crippen LogP contribution in [-0.4, -0.2) is 23.8 Å². The lowest BCUT2D eigenvalue weighted by molar-refractivity contribution is -0.503. The Balaban J connectivity index is 2.03. The zero-order valence-corrected chi connectivity index (χ0v) is 13.7. The van der Waals surface area contributed by atoms with Gasteiger partial charge in [-0.25, -0.2) is 8.42 Å². The Kier molecular flexibility index (Phi) is 3.87. The second-order valence-electron chi connectivity index (χ2n) is 5.31. The number of benzene rings is 2. The number of nitrogens with zero attached hydrogens (tertiary/aromatic N) is 2. The van der Waals surface area contributed by atoms with E-state index in [1.54, 1.807) is 36.4 Å². The van der Waals surface area contributed by atoms with Crippen molar-refractivity contribution >= 4 is 21.6 Å². The molecule has 1 aliphatic rings. The molecule has 0 aliphatic carbocycles. The summed E-state index contributed by atoms with van der Waals surface area (Å²) in [5.74, 6) is 0. The van der Waals surface area contributed by atoms with E-state index in [2.05, 4.69) is 0 Å². The van der Waals surface area contributed by atoms with Gasteiger partial charge in [0.05, 0.1) is 4.90 Å². The van der Waals surface area contributed by atoms with Crippen LogP contribution in [0.3, 0.4) is 0 Å². The van der Waals surface area contributed by atoms with Gasteiger partial charge in [-0.15, -0.1) is 4.31 Å². The highest BCUT2D eigenvalue weighted by atomic mass is 35.5. The molecule has 0 aromatic heterocycles. The molecule has 1 unspecified atom stereocenters. The van der Waals surface area contributed by atoms with Crippen molar-refractivity contribution in [2.45, 2.75) is 24.0 Å². The first-order valence-corrected chi connectivity index (χ1v) is 8.64. The lowest BCUT2D eigenvalue weighted by Crippen LogP contribution is -2.18. The van der Waals surface area contributed by atoms with Crippen LogP contribution in [-0.2, 0) is 10.0 Å². The van der Waals surface area contributed by atoms with Crippen molar-refractivity contribution in [3.8, 4) is 0 Å². The number of halogens is 1. The van der Waals surface area contributed by atoms with Crippen LogP contribution in [0.5, 0.6) is 0 Å². The van der Waals surface area contributed by atoms with Gasteiger partial charge < -0.3 is 0 Å². The van der Waals surface area contributed by atoms with Gasteiger partial charge in [0.2, 0.25) is 10.0 Å². The molecular formula is C15H13ClN2O4S. The van der Waals surface area contributed by atoms with E-state index in [4.69, 9.17) is 11.6 Å². The van der Waals surface area contributed by atoms with Crippen molar-refractivity contribution in [1.82, 2.24) is 4.31 Å². The third-order valence-electron chi connectivity index (χ3n) is 3.76. The summed E-state index contributed by atoms with van der Waals surface area (Å²) in [6.45, 7) is 1.83. The van der Waals surface area contributed by atoms with Gasteiger partial charge >= 0.3 is 6.17 Å². The van der Waals surface area contributed by atoms with Gasteiger partial charge in [-0.2, -0.15) is 0 Å². The molecule has 0 saturated carbocycles. The number of hydrogen-bond donors (Lipinski definition) is 0. The fraction of sp³-hybridized carbons (Fsp3) is 0.200. The third-order valence-corrected chi connectivity index (χ3v) is 5.97. The van der Waals surface area contributed by atoms with Crippen LogP contribution >= 0.6 is 11.6 Å². The van der Waals surface area contributed by atoms with Crippen molar-refractivity contribution in [1.29, 1.82) is 0 Å². The smallest absolute Gasteiger partial charge is 0.263 e. The van der Waals surface area contributed by atoms with E-state index in [1.807, 2.05) is 6.92 Å². The molecular weight excluding hydrogens is 340 g/mol. The molecule has 1 fully saturated rings. The number of nitro groups is 1. The highest BCUT2D eigenvalue weighted by Crippen LogP contribution is 2.49. The van der Waals surface area contributed by atoms with E-state index in [0.717, 1.165) is 9.87 Å². The van der Waals surface area contributed by atoms with Crippen molar-refractivity contribution in [3.05, 3.63) is 74.8 Å². The van der Waals surface area contributed by atoms with Gasteiger partial charge in [0, 0.05) is 9.95 Å². The molecule has 120 valence electrons. The van der Waals surface area contributed by atoms with Crippen LogP contribution in [0.1, 0.15) is 17.2 Å². The summed E-state index contributed by atoms with van der Waals surface area (Å²) >= 11 is 6.07. The molecule has 1 saturated heterocycles. The highest BCUT2D eigenvalue weighted by Gasteiger charge is 2.66. The van der Waals surface area contributed by atoms with E-state index in [-0.39, 0.29) is 4.90 Å². The predicted molar refractivity (Wildman–Crippen MR) is 85.2 cm³/mol. The summed E-state index contributed by atoms with van der Waals surface area (Å²) in [5, 5.41) is 11.6. The fourth-order valence-corrected chi connectivity index (χ4v) is 4.46. The van der Waals surface area contributed by atoms with Gasteiger partial charge in [-0.05, 0) is 30.7 Å². The van der Waals surface area contributed by atoms with Gasteiger partial charge in [-0.3, -0.25) is 10.1 Å². The highest BCUT2D eigenvalue weighted by molar-refractivity contribution is 7.89. The Bertz CT molecular complexity index is 867. The Labute approximate surface area is 138 Å². The molecule has 0 N–H and O–H groups in total. The van der Waals surface area contributed by atoms with Crippen molar-refractivity contribution in [2.75, 3.05) is 0 Å². The summed E-state index contributed by atoms with van der Waals surface area (Å²) < 4.78 is 26.3. The van der Waals surface area contributed by atoms with Gasteiger partial charge in [0.15, 0.2) is 0 Å². The fourth-order valence-electron chi connectivity index (χ4n) is 2.54. The van der Waals surface area contributed by atoms with E-state index in [0.29, 0.717) is 10.6 Å². The van der Waals surface area contributed by atoms with E-state index in [9.17, 15) is 18.5 Å². The maximum atomic E-state index is 12.7. The van der Waals surface area contributed by atoms with Crippen LogP contribution in [0.2, 0.25) is 5.02 Å². The number of aryl methyl sites for hydroxylation is 1. The Morgan fingerprint density at radius 1 is 1.13 bits per heavy atom. The van der Waals surface area contributed by atoms with E-state index < -0.39 is 27.2 Å². The average molecular weight is 353 g/mol. The first-order valence-electron chi connectivity index (χ1n) is 6.82. The van der Waals surface area contributed by atoms with Gasteiger partial charge in [0.1, 0.15) is 6.04 Å². The molecule has 6 nitrogen and oxygen atoms in total. The molecule has 8 heteroatoms. The molecule has 1 heterocycles. The molecule has 0 spiro atoms. The largest absolute Gasteiger partial charge is 0.302 e. The quantitative estimate of drug-likeness (QED) is 0.481. The van der Waals surface area contributed by atoms with E-state index in [1.165, 1.54) is 12.1 Å². The predicted octanol–water partition coefficient (Wildman–Crippen LogP) is 3.00. The normalized spacial score (nSPS) is 23.5. The Hall–Kier alpha value is -1.96. The van der Waals surface area contributed by atoms with Crippen LogP contribution in [0, 0.1) is 17.0 Å². The number of rotatable bonds is 4. The minimum atomic E-state index is -3.96. The third kappa shape index (κ3) is 2.71. The SMILES string of the molecule is Cc1ccc(S(=O)(=O)N2[C@H](c3ccccc3Cl)[C@@H]2[N+](=O)[O-])cc1. The lowest BCUT2D eigenvalue weighted by atomic mass is 10.1. The maximum absolute atomic E-state index is 12.7. The zero-order valence-electron chi connectivity index (χ0n) is 12.1. The zero-order chi connectivity index (χ0) is 16.8. The summed E-state index contributed by atoms with van der Waals surface area (Å²) in [6, 6.07) is 11.9. The van der Waals surface area contributed by atoms with Gasteiger partial charge in [-0.1, -0.05) is 47.5 Å². The second-order valence-corrected chi connectivity index (χ2v) is 7.56. The first-order chi connectivity index (χ1) is 10.8. The number of hydrogen-bond acceptors (Lipinski definition) is 4. The molecule has 3 atom stereocenters. The molecule has 23 heavy (non-hydrogen) atoms. The van der Waals surface area contributed by atoms with Crippen LogP contribution in [0.4, 0.5) is 0 Å². The van der Waals surface area contributed by atoms with Gasteiger partial charge in [0.25, 0.3) is 0 Å². The lowest BCUT2D eigenvalue weighted by Gasteiger charge is -2.06. The topological polar surface area (TPSA) is 80.3 Å². The molecule has 2 aromatic carbocycles. The molecule has 0 amide bonds. The molecule has 0 bridgehead atoms. The molecule has 1 aliphatic heterocycles. The summed E-state index contributed by atoms with van der Waals surface area (Å²) in [5.41, 5.74) is 1.34. The maximum Gasteiger partial charge on any atom is 0.302 e. The minimum absolute atomic E-state index is 0.0319. The van der Waals surface area contributed by atoms with Crippen molar-refractivity contribution in [3.63, 3.8) is 0 Å². The summed E-state index contributed by atoms with van der Waals surface area (Å²) in [6.07, 6.45) is -1.33. The molecule has 0 radical (unpaired) electrons. The monoisotopic (exact) mass is 352 g/mol. The van der Waals surface area contributed by atoms with Crippen molar-refractivity contribution in [2.24, 2.45) is 0 Å². The van der Waals surface area contributed by atoms with Crippen molar-refractivity contribution < 1.29 is 13.3 Å². The standard InChI is InChI=1S/C15H13ClN2O4S/c1-10-6-8-11(9-7-10)23(21,22)17-14(15(17)18(19)20)12-4-2-3-5-13(12)16/h2-9,14-15H,1H3/t14-,15+,17?/m1/s1. The molecule has 2 aromatic rings. The second kappa shape index (κ2) is 5.59. The van der Waals surface area contributed by atoms with Crippen LogP contribution < -0.4 is 0 Å². The number of sulfonamides is 1. The van der Waals surface area contributed by atoms with Crippen LogP contribution in [0.15, 0.2) is 53.4 Å². The van der Waals surface area contributed by atoms with E-state index >= 15 is 0 Å². The summed E-state index contributed by atoms with van der Waals surface area (Å²) in [4.78, 5) is 10.7. The summed E-state index contributed by atoms with van der Waals surface area (Å²) in [7, 11) is -3.96. The Morgan fingerprint density at radius 2 is 1.74 bits per heavy atom. The average Bonchev–Trinajstić information content (AvgIpc) is 3.24. The first kappa shape index (κ1) is 15.9. The Morgan fingerprint density at radius 3 is 2.30 bits per heavy atom. The van der Waals surface area contributed by atoms with Crippen LogP contribution in [0.25, 0.3) is 0 Å². The molecule has 3 rings (SSSR count). The minimum Gasteiger partial charge on any atom is -0.263 e.